The zero-order valence-electron chi connectivity index (χ0n) is 11.3. The van der Waals surface area contributed by atoms with Crippen LogP contribution >= 0.6 is 12.2 Å². The minimum atomic E-state index is 0.279. The molecule has 0 aromatic carbocycles. The molecule has 1 saturated heterocycles. The molecule has 1 fully saturated rings. The molecule has 5 nitrogen and oxygen atoms in total. The maximum Gasteiger partial charge on any atom is 0.155 e. The first kappa shape index (κ1) is 14.1. The molecule has 1 aliphatic heterocycles. The van der Waals surface area contributed by atoms with E-state index < -0.39 is 0 Å². The van der Waals surface area contributed by atoms with Crippen molar-refractivity contribution in [1.82, 2.24) is 14.9 Å². The van der Waals surface area contributed by atoms with Crippen molar-refractivity contribution < 1.29 is 0 Å². The Morgan fingerprint density at radius 3 is 2.74 bits per heavy atom. The molecule has 0 saturated carbocycles. The zero-order valence-corrected chi connectivity index (χ0v) is 12.1. The van der Waals surface area contributed by atoms with Crippen molar-refractivity contribution >= 4 is 23.0 Å². The molecule has 1 aliphatic rings. The first-order valence-corrected chi connectivity index (χ1v) is 7.18. The molecule has 19 heavy (non-hydrogen) atoms. The predicted octanol–water partition coefficient (Wildman–Crippen LogP) is 1.40. The molecule has 104 valence electrons. The van der Waals surface area contributed by atoms with Gasteiger partial charge in [-0.2, -0.15) is 0 Å². The lowest BCUT2D eigenvalue weighted by Gasteiger charge is -2.32. The first-order chi connectivity index (χ1) is 9.18. The van der Waals surface area contributed by atoms with Crippen molar-refractivity contribution in [2.45, 2.75) is 32.2 Å². The minimum absolute atomic E-state index is 0.279. The van der Waals surface area contributed by atoms with Crippen LogP contribution in [0.2, 0.25) is 0 Å². The lowest BCUT2D eigenvalue weighted by molar-refractivity contribution is 0.180. The number of piperidine rings is 1. The van der Waals surface area contributed by atoms with Gasteiger partial charge in [-0.05, 0) is 32.9 Å². The van der Waals surface area contributed by atoms with Crippen LogP contribution in [0.15, 0.2) is 12.4 Å². The summed E-state index contributed by atoms with van der Waals surface area (Å²) in [4.78, 5) is 11.2. The fourth-order valence-electron chi connectivity index (χ4n) is 2.38. The fraction of sp³-hybridized carbons (Fsp3) is 0.615. The number of hydrogen-bond acceptors (Lipinski definition) is 5. The van der Waals surface area contributed by atoms with Crippen molar-refractivity contribution in [2.24, 2.45) is 5.73 Å². The second-order valence-corrected chi connectivity index (χ2v) is 5.38. The van der Waals surface area contributed by atoms with E-state index in [0.29, 0.717) is 17.6 Å². The smallest absolute Gasteiger partial charge is 0.155 e. The largest absolute Gasteiger partial charge is 0.388 e. The summed E-state index contributed by atoms with van der Waals surface area (Å²) in [6.07, 6.45) is 7.21. The zero-order chi connectivity index (χ0) is 13.7. The van der Waals surface area contributed by atoms with Gasteiger partial charge in [-0.1, -0.05) is 18.6 Å². The third kappa shape index (κ3) is 3.84. The van der Waals surface area contributed by atoms with Gasteiger partial charge in [-0.15, -0.1) is 0 Å². The second-order valence-electron chi connectivity index (χ2n) is 4.94. The molecule has 1 atom stereocenters. The Bertz CT molecular complexity index is 431. The summed E-state index contributed by atoms with van der Waals surface area (Å²) in [6.45, 7) is 5.43. The van der Waals surface area contributed by atoms with Crippen LogP contribution in [0.25, 0.3) is 0 Å². The summed E-state index contributed by atoms with van der Waals surface area (Å²) >= 11 is 4.98. The van der Waals surface area contributed by atoms with E-state index in [2.05, 4.69) is 27.1 Å². The van der Waals surface area contributed by atoms with Gasteiger partial charge >= 0.3 is 0 Å². The quantitative estimate of drug-likeness (QED) is 0.794. The highest BCUT2D eigenvalue weighted by molar-refractivity contribution is 7.80. The van der Waals surface area contributed by atoms with E-state index in [0.717, 1.165) is 6.54 Å². The highest BCUT2D eigenvalue weighted by Crippen LogP contribution is 2.13. The summed E-state index contributed by atoms with van der Waals surface area (Å²) in [5, 5.41) is 3.31. The fourth-order valence-corrected chi connectivity index (χ4v) is 2.53. The van der Waals surface area contributed by atoms with Crippen LogP contribution in [-0.2, 0) is 0 Å². The number of nitrogens with one attached hydrogen (secondary N) is 1. The van der Waals surface area contributed by atoms with E-state index in [1.165, 1.54) is 32.4 Å². The highest BCUT2D eigenvalue weighted by atomic mass is 32.1. The monoisotopic (exact) mass is 279 g/mol. The third-order valence-corrected chi connectivity index (χ3v) is 3.70. The number of nitrogens with zero attached hydrogens (tertiary/aromatic N) is 3. The van der Waals surface area contributed by atoms with E-state index in [1.807, 2.05) is 0 Å². The summed E-state index contributed by atoms with van der Waals surface area (Å²) in [7, 11) is 0. The number of thiocarbonyl (C=S) groups is 1. The Kier molecular flexibility index (Phi) is 5.04. The third-order valence-electron chi connectivity index (χ3n) is 3.51. The molecule has 0 radical (unpaired) electrons. The molecule has 0 spiro atoms. The van der Waals surface area contributed by atoms with E-state index in [1.54, 1.807) is 12.4 Å². The number of likely N-dealkylation sites (tertiary alicyclic amines) is 1. The summed E-state index contributed by atoms with van der Waals surface area (Å²) < 4.78 is 0. The number of hydrogen-bond donors (Lipinski definition) is 2. The van der Waals surface area contributed by atoms with Gasteiger partial charge in [0.1, 0.15) is 10.7 Å². The molecule has 0 bridgehead atoms. The molecule has 0 aliphatic carbocycles. The number of rotatable bonds is 5. The summed E-state index contributed by atoms with van der Waals surface area (Å²) in [5.74, 6) is 0.679. The van der Waals surface area contributed by atoms with Crippen LogP contribution in [0.3, 0.4) is 0 Å². The van der Waals surface area contributed by atoms with Gasteiger partial charge in [0.2, 0.25) is 0 Å². The van der Waals surface area contributed by atoms with Crippen molar-refractivity contribution in [3.8, 4) is 0 Å². The molecular formula is C13H21N5S. The molecule has 1 unspecified atom stereocenters. The van der Waals surface area contributed by atoms with Gasteiger partial charge in [-0.25, -0.2) is 9.97 Å². The molecule has 6 heteroatoms. The van der Waals surface area contributed by atoms with E-state index in [4.69, 9.17) is 18.0 Å². The van der Waals surface area contributed by atoms with Gasteiger partial charge in [-0.3, -0.25) is 4.90 Å². The SMILES string of the molecule is CC(CNc1nccnc1C(N)=S)N1CCCCC1. The molecule has 2 rings (SSSR count). The Morgan fingerprint density at radius 2 is 2.05 bits per heavy atom. The molecule has 2 heterocycles. The normalized spacial score (nSPS) is 17.9. The molecule has 0 amide bonds. The number of anilines is 1. The molecular weight excluding hydrogens is 258 g/mol. The molecule has 3 N–H and O–H groups in total. The van der Waals surface area contributed by atoms with E-state index in [9.17, 15) is 0 Å². The highest BCUT2D eigenvalue weighted by Gasteiger charge is 2.17. The van der Waals surface area contributed by atoms with E-state index in [-0.39, 0.29) is 4.99 Å². The Balaban J connectivity index is 1.92. The molecule has 1 aromatic heterocycles. The van der Waals surface area contributed by atoms with Gasteiger partial charge in [0.05, 0.1) is 0 Å². The van der Waals surface area contributed by atoms with Crippen LogP contribution in [0.1, 0.15) is 31.9 Å². The maximum atomic E-state index is 5.64. The van der Waals surface area contributed by atoms with Gasteiger partial charge in [0, 0.05) is 25.0 Å². The lowest BCUT2D eigenvalue weighted by atomic mass is 10.1. The topological polar surface area (TPSA) is 67.1 Å². The molecule has 1 aromatic rings. The van der Waals surface area contributed by atoms with Crippen LogP contribution < -0.4 is 11.1 Å². The Morgan fingerprint density at radius 1 is 1.37 bits per heavy atom. The summed E-state index contributed by atoms with van der Waals surface area (Å²) in [5.41, 5.74) is 6.21. The maximum absolute atomic E-state index is 5.64. The number of nitrogens with two attached hydrogens (primary N) is 1. The first-order valence-electron chi connectivity index (χ1n) is 6.77. The Labute approximate surface area is 119 Å². The van der Waals surface area contributed by atoms with Crippen LogP contribution in [-0.4, -0.2) is 45.5 Å². The Hall–Kier alpha value is -1.27. The van der Waals surface area contributed by atoms with Crippen molar-refractivity contribution in [3.05, 3.63) is 18.1 Å². The predicted molar refractivity (Wildman–Crippen MR) is 81.3 cm³/mol. The standard InChI is InChI=1S/C13H21N5S/c1-10(18-7-3-2-4-8-18)9-17-13-11(12(14)19)15-5-6-16-13/h5-6,10H,2-4,7-9H2,1H3,(H2,14,19)(H,16,17). The van der Waals surface area contributed by atoms with Crippen molar-refractivity contribution in [2.75, 3.05) is 25.0 Å². The average Bonchev–Trinajstić information content (AvgIpc) is 2.46. The van der Waals surface area contributed by atoms with E-state index >= 15 is 0 Å². The van der Waals surface area contributed by atoms with Gasteiger partial charge < -0.3 is 11.1 Å². The van der Waals surface area contributed by atoms with Crippen LogP contribution in [0.5, 0.6) is 0 Å². The number of aromatic nitrogens is 2. The van der Waals surface area contributed by atoms with Crippen molar-refractivity contribution in [1.29, 1.82) is 0 Å². The summed E-state index contributed by atoms with van der Waals surface area (Å²) in [6, 6.07) is 0.474. The van der Waals surface area contributed by atoms with Crippen LogP contribution in [0, 0.1) is 0 Å². The van der Waals surface area contributed by atoms with Gasteiger partial charge in [0.25, 0.3) is 0 Å². The van der Waals surface area contributed by atoms with Crippen LogP contribution in [0.4, 0.5) is 5.82 Å². The van der Waals surface area contributed by atoms with Crippen molar-refractivity contribution in [3.63, 3.8) is 0 Å². The van der Waals surface area contributed by atoms with Gasteiger partial charge in [0.15, 0.2) is 5.82 Å². The second kappa shape index (κ2) is 6.77. The average molecular weight is 279 g/mol. The minimum Gasteiger partial charge on any atom is -0.388 e. The lowest BCUT2D eigenvalue weighted by Crippen LogP contribution is -2.41.